The highest BCUT2D eigenvalue weighted by molar-refractivity contribution is 5.85. The molecule has 0 bridgehead atoms. The average Bonchev–Trinajstić information content (AvgIpc) is 2.75. The molecule has 0 spiro atoms. The molecule has 3 heteroatoms. The summed E-state index contributed by atoms with van der Waals surface area (Å²) in [6.07, 6.45) is 12.0. The zero-order chi connectivity index (χ0) is 13.7. The van der Waals surface area contributed by atoms with Gasteiger partial charge in [0.05, 0.1) is 6.07 Å². The minimum atomic E-state index is -0.709. The summed E-state index contributed by atoms with van der Waals surface area (Å²) in [5.41, 5.74) is -0.709. The summed E-state index contributed by atoms with van der Waals surface area (Å²) in [5.74, 6) is 0.0987. The molecule has 3 nitrogen and oxygen atoms in total. The van der Waals surface area contributed by atoms with Crippen LogP contribution in [-0.4, -0.2) is 23.9 Å². The molecule has 0 atom stereocenters. The van der Waals surface area contributed by atoms with Crippen LogP contribution in [0.1, 0.15) is 70.6 Å². The van der Waals surface area contributed by atoms with Gasteiger partial charge in [0.25, 0.3) is 0 Å². The average molecular weight is 262 g/mol. The molecule has 0 unspecified atom stereocenters. The van der Waals surface area contributed by atoms with E-state index in [0.717, 1.165) is 38.5 Å². The molecule has 0 aliphatic heterocycles. The van der Waals surface area contributed by atoms with Gasteiger partial charge in [-0.3, -0.25) is 4.79 Å². The number of nitrogens with zero attached hydrogens (tertiary/aromatic N) is 2. The van der Waals surface area contributed by atoms with Gasteiger partial charge in [0.1, 0.15) is 5.41 Å². The Morgan fingerprint density at radius 3 is 2.11 bits per heavy atom. The minimum Gasteiger partial charge on any atom is -0.341 e. The second kappa shape index (κ2) is 6.41. The lowest BCUT2D eigenvalue weighted by Gasteiger charge is -2.36. The summed E-state index contributed by atoms with van der Waals surface area (Å²) in [5, 5.41) is 9.52. The lowest BCUT2D eigenvalue weighted by atomic mass is 9.74. The summed E-state index contributed by atoms with van der Waals surface area (Å²) < 4.78 is 0. The highest BCUT2D eigenvalue weighted by atomic mass is 16.2. The quantitative estimate of drug-likeness (QED) is 0.713. The molecule has 2 aliphatic carbocycles. The van der Waals surface area contributed by atoms with Gasteiger partial charge in [-0.1, -0.05) is 44.9 Å². The molecule has 0 aromatic rings. The van der Waals surface area contributed by atoms with Crippen molar-refractivity contribution in [1.29, 1.82) is 5.26 Å². The van der Waals surface area contributed by atoms with E-state index >= 15 is 0 Å². The van der Waals surface area contributed by atoms with Crippen LogP contribution in [0, 0.1) is 16.7 Å². The molecule has 0 N–H and O–H groups in total. The zero-order valence-electron chi connectivity index (χ0n) is 12.2. The van der Waals surface area contributed by atoms with Crippen molar-refractivity contribution in [2.45, 2.75) is 76.7 Å². The first-order valence-corrected chi connectivity index (χ1v) is 7.88. The van der Waals surface area contributed by atoms with Crippen LogP contribution in [0.2, 0.25) is 0 Å². The van der Waals surface area contributed by atoms with Gasteiger partial charge in [0, 0.05) is 13.1 Å². The van der Waals surface area contributed by atoms with Crippen LogP contribution in [0.4, 0.5) is 0 Å². The normalized spacial score (nSPS) is 24.2. The van der Waals surface area contributed by atoms with Crippen molar-refractivity contribution in [2.24, 2.45) is 5.41 Å². The van der Waals surface area contributed by atoms with Gasteiger partial charge in [-0.2, -0.15) is 5.26 Å². The van der Waals surface area contributed by atoms with Gasteiger partial charge in [-0.15, -0.1) is 0 Å². The Labute approximate surface area is 117 Å². The fraction of sp³-hybridized carbons (Fsp3) is 0.875. The Bertz CT molecular complexity index is 344. The third-order valence-corrected chi connectivity index (χ3v) is 5.02. The standard InChI is InChI=1S/C16H26N2O/c1-18(14-9-5-2-3-6-10-14)15(19)16(13-17)11-7-4-8-12-16/h14H,2-12H2,1H3. The molecule has 1 amide bonds. The lowest BCUT2D eigenvalue weighted by Crippen LogP contribution is -2.47. The molecule has 2 fully saturated rings. The van der Waals surface area contributed by atoms with Crippen molar-refractivity contribution in [3.05, 3.63) is 0 Å². The summed E-state index contributed by atoms with van der Waals surface area (Å²) in [4.78, 5) is 14.7. The largest absolute Gasteiger partial charge is 0.341 e. The smallest absolute Gasteiger partial charge is 0.243 e. The third kappa shape index (κ3) is 3.11. The molecule has 2 aliphatic rings. The summed E-state index contributed by atoms with van der Waals surface area (Å²) >= 11 is 0. The SMILES string of the molecule is CN(C(=O)C1(C#N)CCCCC1)C1CCCCCC1. The van der Waals surface area contributed by atoms with Crippen LogP contribution in [0.5, 0.6) is 0 Å². The van der Waals surface area contributed by atoms with Gasteiger partial charge in [0.15, 0.2) is 0 Å². The third-order valence-electron chi connectivity index (χ3n) is 5.02. The number of hydrogen-bond donors (Lipinski definition) is 0. The second-order valence-corrected chi connectivity index (χ2v) is 6.32. The van der Waals surface area contributed by atoms with Crippen LogP contribution >= 0.6 is 0 Å². The van der Waals surface area contributed by atoms with Crippen molar-refractivity contribution in [2.75, 3.05) is 7.05 Å². The van der Waals surface area contributed by atoms with Gasteiger partial charge >= 0.3 is 0 Å². The van der Waals surface area contributed by atoms with Crippen LogP contribution in [0.3, 0.4) is 0 Å². The number of hydrogen-bond acceptors (Lipinski definition) is 2. The van der Waals surface area contributed by atoms with Gasteiger partial charge in [0.2, 0.25) is 5.91 Å². The number of nitriles is 1. The van der Waals surface area contributed by atoms with Gasteiger partial charge < -0.3 is 4.90 Å². The van der Waals surface area contributed by atoms with E-state index < -0.39 is 5.41 Å². The highest BCUT2D eigenvalue weighted by Crippen LogP contribution is 2.38. The second-order valence-electron chi connectivity index (χ2n) is 6.32. The molecular formula is C16H26N2O. The number of carbonyl (C=O) groups is 1. The maximum Gasteiger partial charge on any atom is 0.243 e. The van der Waals surface area contributed by atoms with E-state index in [4.69, 9.17) is 0 Å². The van der Waals surface area contributed by atoms with Crippen LogP contribution in [0.15, 0.2) is 0 Å². The molecule has 0 radical (unpaired) electrons. The zero-order valence-corrected chi connectivity index (χ0v) is 12.2. The molecule has 0 saturated heterocycles. The molecule has 106 valence electrons. The molecule has 2 rings (SSSR count). The van der Waals surface area contributed by atoms with E-state index in [1.54, 1.807) is 0 Å². The number of carbonyl (C=O) groups excluding carboxylic acids is 1. The van der Waals surface area contributed by atoms with Gasteiger partial charge in [-0.05, 0) is 25.7 Å². The maximum atomic E-state index is 12.8. The monoisotopic (exact) mass is 262 g/mol. The van der Waals surface area contributed by atoms with E-state index in [1.165, 1.54) is 32.1 Å². The minimum absolute atomic E-state index is 0.0987. The lowest BCUT2D eigenvalue weighted by molar-refractivity contribution is -0.141. The van der Waals surface area contributed by atoms with Crippen LogP contribution in [-0.2, 0) is 4.79 Å². The maximum absolute atomic E-state index is 12.8. The molecule has 0 aromatic carbocycles. The predicted octanol–water partition coefficient (Wildman–Crippen LogP) is 3.64. The van der Waals surface area contributed by atoms with E-state index in [2.05, 4.69) is 6.07 Å². The van der Waals surface area contributed by atoms with E-state index in [-0.39, 0.29) is 5.91 Å². The van der Waals surface area contributed by atoms with Crippen molar-refractivity contribution in [3.63, 3.8) is 0 Å². The van der Waals surface area contributed by atoms with E-state index in [1.807, 2.05) is 11.9 Å². The number of amides is 1. The Morgan fingerprint density at radius 1 is 1.05 bits per heavy atom. The molecular weight excluding hydrogens is 236 g/mol. The van der Waals surface area contributed by atoms with E-state index in [0.29, 0.717) is 6.04 Å². The first kappa shape index (κ1) is 14.4. The van der Waals surface area contributed by atoms with Crippen molar-refractivity contribution < 1.29 is 4.79 Å². The Kier molecular flexibility index (Phi) is 4.85. The first-order valence-electron chi connectivity index (χ1n) is 7.88. The molecule has 0 heterocycles. The molecule has 2 saturated carbocycles. The summed E-state index contributed by atoms with van der Waals surface area (Å²) in [6.45, 7) is 0. The van der Waals surface area contributed by atoms with Crippen LogP contribution < -0.4 is 0 Å². The van der Waals surface area contributed by atoms with Gasteiger partial charge in [-0.25, -0.2) is 0 Å². The van der Waals surface area contributed by atoms with Crippen LogP contribution in [0.25, 0.3) is 0 Å². The van der Waals surface area contributed by atoms with Crippen molar-refractivity contribution in [3.8, 4) is 6.07 Å². The fourth-order valence-electron chi connectivity index (χ4n) is 3.68. The predicted molar refractivity (Wildman–Crippen MR) is 75.4 cm³/mol. The van der Waals surface area contributed by atoms with Crippen molar-refractivity contribution >= 4 is 5.91 Å². The highest BCUT2D eigenvalue weighted by Gasteiger charge is 2.42. The van der Waals surface area contributed by atoms with Crippen molar-refractivity contribution in [1.82, 2.24) is 4.90 Å². The number of rotatable bonds is 2. The Hall–Kier alpha value is -1.04. The molecule has 19 heavy (non-hydrogen) atoms. The summed E-state index contributed by atoms with van der Waals surface area (Å²) in [7, 11) is 1.92. The Balaban J connectivity index is 2.06. The fourth-order valence-corrected chi connectivity index (χ4v) is 3.68. The first-order chi connectivity index (χ1) is 9.19. The Morgan fingerprint density at radius 2 is 1.58 bits per heavy atom. The summed E-state index contributed by atoms with van der Waals surface area (Å²) in [6, 6.07) is 2.72. The topological polar surface area (TPSA) is 44.1 Å². The van der Waals surface area contributed by atoms with E-state index in [9.17, 15) is 10.1 Å². The molecule has 0 aromatic heterocycles.